The van der Waals surface area contributed by atoms with Gasteiger partial charge in [0.05, 0.1) is 4.88 Å². The Kier molecular flexibility index (Phi) is 2.48. The second-order valence-electron chi connectivity index (χ2n) is 4.82. The van der Waals surface area contributed by atoms with Gasteiger partial charge < -0.3 is 0 Å². The average molecular weight is 285 g/mol. The van der Waals surface area contributed by atoms with E-state index in [-0.39, 0.29) is 0 Å². The first-order valence-electron chi connectivity index (χ1n) is 5.50. The van der Waals surface area contributed by atoms with Crippen molar-refractivity contribution in [2.75, 3.05) is 0 Å². The summed E-state index contributed by atoms with van der Waals surface area (Å²) in [5.74, 6) is 2.97. The number of hydrogen-bond acceptors (Lipinski definition) is 2. The monoisotopic (exact) mass is 284 g/mol. The third kappa shape index (κ3) is 1.92. The topological polar surface area (TPSA) is 17.1 Å². The maximum Gasteiger partial charge on any atom is 0.174 e. The van der Waals surface area contributed by atoms with Crippen molar-refractivity contribution in [1.82, 2.24) is 0 Å². The number of ketones is 1. The van der Waals surface area contributed by atoms with Crippen molar-refractivity contribution in [3.63, 3.8) is 0 Å². The number of fused-ring (bicyclic) bond motifs is 1. The Morgan fingerprint density at radius 3 is 2.73 bits per heavy atom. The zero-order valence-electron chi connectivity index (χ0n) is 8.41. The van der Waals surface area contributed by atoms with Crippen molar-refractivity contribution in [2.24, 2.45) is 17.8 Å². The van der Waals surface area contributed by atoms with Crippen LogP contribution in [0.3, 0.4) is 0 Å². The van der Waals surface area contributed by atoms with Gasteiger partial charge in [-0.25, -0.2) is 0 Å². The highest BCUT2D eigenvalue weighted by atomic mass is 79.9. The minimum absolute atomic E-state index is 0.336. The largest absolute Gasteiger partial charge is 0.293 e. The van der Waals surface area contributed by atoms with Crippen molar-refractivity contribution in [2.45, 2.75) is 25.7 Å². The Morgan fingerprint density at radius 1 is 1.40 bits per heavy atom. The van der Waals surface area contributed by atoms with Crippen LogP contribution in [-0.4, -0.2) is 5.78 Å². The van der Waals surface area contributed by atoms with Crippen molar-refractivity contribution < 1.29 is 4.79 Å². The van der Waals surface area contributed by atoms with Crippen LogP contribution in [0.1, 0.15) is 35.4 Å². The minimum Gasteiger partial charge on any atom is -0.293 e. The van der Waals surface area contributed by atoms with E-state index in [9.17, 15) is 4.79 Å². The number of carbonyl (C=O) groups excluding carboxylic acids is 1. The average Bonchev–Trinajstić information content (AvgIpc) is 2.61. The normalized spacial score (nSPS) is 32.7. The molecule has 3 heteroatoms. The van der Waals surface area contributed by atoms with Crippen LogP contribution >= 0.6 is 27.3 Å². The molecular formula is C12H13BrOS. The molecule has 1 aromatic heterocycles. The van der Waals surface area contributed by atoms with Gasteiger partial charge in [0.15, 0.2) is 5.78 Å². The number of halogens is 1. The lowest BCUT2D eigenvalue weighted by molar-refractivity contribution is 0.0963. The smallest absolute Gasteiger partial charge is 0.174 e. The Bertz CT molecular complexity index is 388. The van der Waals surface area contributed by atoms with Gasteiger partial charge in [0.1, 0.15) is 0 Å². The van der Waals surface area contributed by atoms with Gasteiger partial charge in [0.2, 0.25) is 0 Å². The Labute approximate surface area is 102 Å². The maximum atomic E-state index is 12.0. The Balaban J connectivity index is 1.64. The molecule has 0 saturated heterocycles. The fourth-order valence-corrected chi connectivity index (χ4v) is 4.40. The van der Waals surface area contributed by atoms with Crippen LogP contribution < -0.4 is 0 Å². The molecular weight excluding hydrogens is 272 g/mol. The van der Waals surface area contributed by atoms with Crippen LogP contribution in [-0.2, 0) is 0 Å². The zero-order chi connectivity index (χ0) is 10.4. The molecule has 0 spiro atoms. The van der Waals surface area contributed by atoms with Crippen LogP contribution in [0.2, 0.25) is 0 Å². The molecule has 2 aliphatic rings. The molecule has 15 heavy (non-hydrogen) atoms. The van der Waals surface area contributed by atoms with Crippen molar-refractivity contribution in [1.29, 1.82) is 0 Å². The standard InChI is InChI=1S/C12H13BrOS/c13-10-1-2-15-12(10)11(14)5-7-3-8-6-9(8)4-7/h1-2,7-9H,3-6H2. The van der Waals surface area contributed by atoms with E-state index < -0.39 is 0 Å². The molecule has 0 amide bonds. The molecule has 2 atom stereocenters. The quantitative estimate of drug-likeness (QED) is 0.763. The van der Waals surface area contributed by atoms with E-state index >= 15 is 0 Å². The van der Waals surface area contributed by atoms with Crippen LogP contribution in [0.4, 0.5) is 0 Å². The summed E-state index contributed by atoms with van der Waals surface area (Å²) in [6, 6.07) is 1.96. The third-order valence-corrected chi connectivity index (χ3v) is 5.56. The summed E-state index contributed by atoms with van der Waals surface area (Å²) in [4.78, 5) is 12.9. The molecule has 2 fully saturated rings. The first kappa shape index (κ1) is 10.0. The molecule has 1 heterocycles. The third-order valence-electron chi connectivity index (χ3n) is 3.69. The van der Waals surface area contributed by atoms with Crippen LogP contribution in [0.15, 0.2) is 15.9 Å². The summed E-state index contributed by atoms with van der Waals surface area (Å²) < 4.78 is 0.973. The molecule has 1 aromatic rings. The number of rotatable bonds is 3. The van der Waals surface area contributed by atoms with Crippen molar-refractivity contribution in [3.05, 3.63) is 20.8 Å². The molecule has 2 unspecified atom stereocenters. The van der Waals surface area contributed by atoms with Crippen LogP contribution in [0, 0.1) is 17.8 Å². The predicted octanol–water partition coefficient (Wildman–Crippen LogP) is 4.13. The highest BCUT2D eigenvalue weighted by Crippen LogP contribution is 2.55. The number of carbonyl (C=O) groups is 1. The van der Waals surface area contributed by atoms with Crippen molar-refractivity contribution in [3.8, 4) is 0 Å². The highest BCUT2D eigenvalue weighted by molar-refractivity contribution is 9.10. The zero-order valence-corrected chi connectivity index (χ0v) is 10.8. The van der Waals surface area contributed by atoms with E-state index in [1.165, 1.54) is 19.3 Å². The fraction of sp³-hybridized carbons (Fsp3) is 0.583. The van der Waals surface area contributed by atoms with Gasteiger partial charge in [-0.05, 0) is 64.4 Å². The minimum atomic E-state index is 0.336. The van der Waals surface area contributed by atoms with Gasteiger partial charge in [0, 0.05) is 10.9 Å². The van der Waals surface area contributed by atoms with Gasteiger partial charge in [-0.1, -0.05) is 0 Å². The molecule has 2 aliphatic carbocycles. The maximum absolute atomic E-state index is 12.0. The molecule has 0 aromatic carbocycles. The molecule has 2 saturated carbocycles. The summed E-state index contributed by atoms with van der Waals surface area (Å²) >= 11 is 4.98. The first-order chi connectivity index (χ1) is 7.24. The molecule has 0 N–H and O–H groups in total. The van der Waals surface area contributed by atoms with Crippen molar-refractivity contribution >= 4 is 33.0 Å². The second-order valence-corrected chi connectivity index (χ2v) is 6.59. The fourth-order valence-electron chi connectivity index (χ4n) is 2.85. The molecule has 0 radical (unpaired) electrons. The van der Waals surface area contributed by atoms with E-state index in [0.717, 1.165) is 27.6 Å². The molecule has 1 nitrogen and oxygen atoms in total. The summed E-state index contributed by atoms with van der Waals surface area (Å²) in [6.07, 6.45) is 4.82. The highest BCUT2D eigenvalue weighted by Gasteiger charge is 2.46. The SMILES string of the molecule is O=C(CC1CC2CC2C1)c1sccc1Br. The van der Waals surface area contributed by atoms with E-state index in [4.69, 9.17) is 0 Å². The second kappa shape index (κ2) is 3.70. The summed E-state index contributed by atoms with van der Waals surface area (Å²) in [7, 11) is 0. The molecule has 0 bridgehead atoms. The number of thiophene rings is 1. The molecule has 0 aliphatic heterocycles. The molecule has 3 rings (SSSR count). The number of hydrogen-bond donors (Lipinski definition) is 0. The van der Waals surface area contributed by atoms with E-state index in [0.29, 0.717) is 11.7 Å². The van der Waals surface area contributed by atoms with Gasteiger partial charge in [0.25, 0.3) is 0 Å². The van der Waals surface area contributed by atoms with E-state index in [1.54, 1.807) is 11.3 Å². The lowest BCUT2D eigenvalue weighted by atomic mass is 9.97. The summed E-state index contributed by atoms with van der Waals surface area (Å²) in [5.41, 5.74) is 0. The molecule has 80 valence electrons. The van der Waals surface area contributed by atoms with Gasteiger partial charge in [-0.3, -0.25) is 4.79 Å². The van der Waals surface area contributed by atoms with Crippen LogP contribution in [0.5, 0.6) is 0 Å². The summed E-state index contributed by atoms with van der Waals surface area (Å²) in [5, 5.41) is 1.98. The summed E-state index contributed by atoms with van der Waals surface area (Å²) in [6.45, 7) is 0. The Morgan fingerprint density at radius 2 is 2.13 bits per heavy atom. The van der Waals surface area contributed by atoms with Crippen LogP contribution in [0.25, 0.3) is 0 Å². The number of Topliss-reactive ketones (excluding diaryl/α,β-unsaturated/α-hetero) is 1. The Hall–Kier alpha value is -0.150. The predicted molar refractivity (Wildman–Crippen MR) is 65.3 cm³/mol. The van der Waals surface area contributed by atoms with E-state index in [2.05, 4.69) is 15.9 Å². The lowest BCUT2D eigenvalue weighted by Crippen LogP contribution is -2.06. The van der Waals surface area contributed by atoms with Gasteiger partial charge in [-0.15, -0.1) is 11.3 Å². The first-order valence-corrected chi connectivity index (χ1v) is 7.17. The van der Waals surface area contributed by atoms with Gasteiger partial charge >= 0.3 is 0 Å². The van der Waals surface area contributed by atoms with E-state index in [1.807, 2.05) is 11.4 Å². The lowest BCUT2D eigenvalue weighted by Gasteiger charge is -2.09. The van der Waals surface area contributed by atoms with Gasteiger partial charge in [-0.2, -0.15) is 0 Å².